The first-order valence-corrected chi connectivity index (χ1v) is 10.4. The minimum atomic E-state index is -0.709. The normalized spacial score (nSPS) is 35.7. The van der Waals surface area contributed by atoms with Crippen LogP contribution in [0.15, 0.2) is 24.3 Å². The van der Waals surface area contributed by atoms with Gasteiger partial charge in [-0.3, -0.25) is 4.79 Å². The topological polar surface area (TPSA) is 98.0 Å². The molecule has 0 amide bonds. The summed E-state index contributed by atoms with van der Waals surface area (Å²) in [4.78, 5) is 10.9. The largest absolute Gasteiger partial charge is 0.481 e. The maximum absolute atomic E-state index is 10.9. The standard InChI is InChI=1S/C22H36O5/c1-3-4-7-14(2)19(23)11-10-17-16(20(24)13-21(17)25)9-6-5-8-15-12-18(15)22(26)27/h5-6,10-11,14-21,23-25H,3-4,7-9,12-13H2,1-2H3,(H,26,27)/b6-5-,11-10+/t14-,15?,16-,17-,18?,19+,20+,21-/m1/s1. The average molecular weight is 381 g/mol. The van der Waals surface area contributed by atoms with E-state index in [-0.39, 0.29) is 29.6 Å². The summed E-state index contributed by atoms with van der Waals surface area (Å²) in [6.07, 6.45) is 11.7. The summed E-state index contributed by atoms with van der Waals surface area (Å²) >= 11 is 0. The number of aliphatic hydroxyl groups excluding tert-OH is 3. The van der Waals surface area contributed by atoms with E-state index in [4.69, 9.17) is 5.11 Å². The monoisotopic (exact) mass is 380 g/mol. The second-order valence-corrected chi connectivity index (χ2v) is 8.49. The van der Waals surface area contributed by atoms with Crippen LogP contribution in [-0.2, 0) is 4.79 Å². The van der Waals surface area contributed by atoms with E-state index in [0.717, 1.165) is 32.1 Å². The van der Waals surface area contributed by atoms with Crippen LogP contribution in [0.3, 0.4) is 0 Å². The molecular formula is C22H36O5. The number of aliphatic hydroxyl groups is 3. The molecule has 5 nitrogen and oxygen atoms in total. The molecule has 2 rings (SSSR count). The van der Waals surface area contributed by atoms with Crippen molar-refractivity contribution in [3.05, 3.63) is 24.3 Å². The lowest BCUT2D eigenvalue weighted by molar-refractivity contribution is -0.138. The van der Waals surface area contributed by atoms with Gasteiger partial charge in [0.15, 0.2) is 0 Å². The van der Waals surface area contributed by atoms with Gasteiger partial charge in [0, 0.05) is 12.3 Å². The maximum Gasteiger partial charge on any atom is 0.306 e. The van der Waals surface area contributed by atoms with E-state index in [0.29, 0.717) is 12.8 Å². The Labute approximate surface area is 162 Å². The summed E-state index contributed by atoms with van der Waals surface area (Å²) < 4.78 is 0. The predicted octanol–water partition coefficient (Wildman–Crippen LogP) is 3.14. The SMILES string of the molecule is CCCC[C@@H](C)[C@@H](O)/C=C/[C@@H]1[C@@H](C/C=C\CC2CC2C(=O)O)[C@@H](O)C[C@H]1O. The highest BCUT2D eigenvalue weighted by Gasteiger charge is 2.42. The highest BCUT2D eigenvalue weighted by molar-refractivity contribution is 5.73. The zero-order valence-corrected chi connectivity index (χ0v) is 16.6. The van der Waals surface area contributed by atoms with Gasteiger partial charge in [-0.05, 0) is 43.4 Å². The van der Waals surface area contributed by atoms with Gasteiger partial charge in [-0.15, -0.1) is 0 Å². The van der Waals surface area contributed by atoms with Gasteiger partial charge in [0.25, 0.3) is 0 Å². The number of allylic oxidation sites excluding steroid dienone is 2. The zero-order valence-electron chi connectivity index (χ0n) is 16.6. The van der Waals surface area contributed by atoms with E-state index in [1.165, 1.54) is 0 Å². The molecule has 2 unspecified atom stereocenters. The highest BCUT2D eigenvalue weighted by Crippen LogP contribution is 2.42. The molecule has 0 aliphatic heterocycles. The van der Waals surface area contributed by atoms with E-state index in [9.17, 15) is 20.1 Å². The molecule has 154 valence electrons. The van der Waals surface area contributed by atoms with Crippen LogP contribution in [0.25, 0.3) is 0 Å². The van der Waals surface area contributed by atoms with Gasteiger partial charge in [0.1, 0.15) is 0 Å². The van der Waals surface area contributed by atoms with Gasteiger partial charge >= 0.3 is 5.97 Å². The third-order valence-electron chi connectivity index (χ3n) is 6.30. The molecular weight excluding hydrogens is 344 g/mol. The van der Waals surface area contributed by atoms with E-state index >= 15 is 0 Å². The van der Waals surface area contributed by atoms with E-state index < -0.39 is 24.3 Å². The molecule has 2 aliphatic carbocycles. The quantitative estimate of drug-likeness (QED) is 0.413. The molecule has 5 heteroatoms. The number of hydrogen-bond donors (Lipinski definition) is 4. The first kappa shape index (κ1) is 22.1. The predicted molar refractivity (Wildman–Crippen MR) is 105 cm³/mol. The number of unbranched alkanes of at least 4 members (excludes halogenated alkanes) is 1. The zero-order chi connectivity index (χ0) is 20.0. The van der Waals surface area contributed by atoms with Crippen LogP contribution in [0, 0.1) is 29.6 Å². The molecule has 0 saturated heterocycles. The molecule has 0 radical (unpaired) electrons. The van der Waals surface area contributed by atoms with Crippen molar-refractivity contribution in [3.8, 4) is 0 Å². The summed E-state index contributed by atoms with van der Waals surface area (Å²) in [7, 11) is 0. The van der Waals surface area contributed by atoms with Gasteiger partial charge in [-0.1, -0.05) is 51.0 Å². The lowest BCUT2D eigenvalue weighted by Gasteiger charge is -2.21. The minimum absolute atomic E-state index is 0.0693. The molecule has 0 heterocycles. The first-order chi connectivity index (χ1) is 12.8. The second-order valence-electron chi connectivity index (χ2n) is 8.49. The number of hydrogen-bond acceptors (Lipinski definition) is 4. The molecule has 4 N–H and O–H groups in total. The lowest BCUT2D eigenvalue weighted by Crippen LogP contribution is -2.21. The van der Waals surface area contributed by atoms with Crippen LogP contribution < -0.4 is 0 Å². The van der Waals surface area contributed by atoms with Gasteiger partial charge in [-0.2, -0.15) is 0 Å². The summed E-state index contributed by atoms with van der Waals surface area (Å²) in [5.41, 5.74) is 0. The molecule has 0 spiro atoms. The van der Waals surface area contributed by atoms with Crippen LogP contribution in [0.5, 0.6) is 0 Å². The second kappa shape index (κ2) is 10.4. The molecule has 2 aliphatic rings. The van der Waals surface area contributed by atoms with Crippen molar-refractivity contribution in [2.75, 3.05) is 0 Å². The van der Waals surface area contributed by atoms with Crippen molar-refractivity contribution in [3.63, 3.8) is 0 Å². The average Bonchev–Trinajstić information content (AvgIpc) is 3.35. The minimum Gasteiger partial charge on any atom is -0.481 e. The molecule has 0 bridgehead atoms. The van der Waals surface area contributed by atoms with Crippen LogP contribution >= 0.6 is 0 Å². The lowest BCUT2D eigenvalue weighted by atomic mass is 9.88. The van der Waals surface area contributed by atoms with Crippen molar-refractivity contribution in [2.24, 2.45) is 29.6 Å². The molecule has 27 heavy (non-hydrogen) atoms. The summed E-state index contributed by atoms with van der Waals surface area (Å²) in [6.45, 7) is 4.17. The number of rotatable bonds is 11. The fraction of sp³-hybridized carbons (Fsp3) is 0.773. The molecule has 8 atom stereocenters. The number of carbonyl (C=O) groups is 1. The first-order valence-electron chi connectivity index (χ1n) is 10.4. The van der Waals surface area contributed by atoms with Crippen LogP contribution in [0.2, 0.25) is 0 Å². The summed E-state index contributed by atoms with van der Waals surface area (Å²) in [5, 5.41) is 39.8. The summed E-state index contributed by atoms with van der Waals surface area (Å²) in [6, 6.07) is 0. The van der Waals surface area contributed by atoms with E-state index in [1.54, 1.807) is 6.08 Å². The van der Waals surface area contributed by atoms with Crippen molar-refractivity contribution >= 4 is 5.97 Å². The third kappa shape index (κ3) is 6.44. The Morgan fingerprint density at radius 1 is 1.15 bits per heavy atom. The number of carboxylic acids is 1. The van der Waals surface area contributed by atoms with Crippen molar-refractivity contribution in [1.29, 1.82) is 0 Å². The fourth-order valence-electron chi connectivity index (χ4n) is 4.17. The van der Waals surface area contributed by atoms with E-state index in [1.807, 2.05) is 25.2 Å². The van der Waals surface area contributed by atoms with Crippen molar-refractivity contribution < 1.29 is 25.2 Å². The smallest absolute Gasteiger partial charge is 0.306 e. The van der Waals surface area contributed by atoms with Crippen molar-refractivity contribution in [1.82, 2.24) is 0 Å². The maximum atomic E-state index is 10.9. The molecule has 0 aromatic carbocycles. The summed E-state index contributed by atoms with van der Waals surface area (Å²) in [5.74, 6) is -0.706. The van der Waals surface area contributed by atoms with Gasteiger partial charge in [0.05, 0.1) is 24.2 Å². The Morgan fingerprint density at radius 2 is 1.85 bits per heavy atom. The van der Waals surface area contributed by atoms with Gasteiger partial charge in [0.2, 0.25) is 0 Å². The molecule has 0 aromatic heterocycles. The van der Waals surface area contributed by atoms with Crippen molar-refractivity contribution in [2.45, 2.75) is 77.1 Å². The third-order valence-corrected chi connectivity index (χ3v) is 6.30. The fourth-order valence-corrected chi connectivity index (χ4v) is 4.17. The van der Waals surface area contributed by atoms with Crippen LogP contribution in [0.4, 0.5) is 0 Å². The van der Waals surface area contributed by atoms with Gasteiger partial charge in [-0.25, -0.2) is 0 Å². The Bertz CT molecular complexity index is 529. The molecule has 2 fully saturated rings. The Morgan fingerprint density at radius 3 is 2.48 bits per heavy atom. The van der Waals surface area contributed by atoms with Crippen LogP contribution in [-0.4, -0.2) is 44.7 Å². The van der Waals surface area contributed by atoms with Gasteiger partial charge < -0.3 is 20.4 Å². The highest BCUT2D eigenvalue weighted by atomic mass is 16.4. The van der Waals surface area contributed by atoms with Crippen LogP contribution in [0.1, 0.15) is 58.8 Å². The molecule has 2 saturated carbocycles. The van der Waals surface area contributed by atoms with E-state index in [2.05, 4.69) is 6.92 Å². The number of carboxylic acid groups (broad SMARTS) is 1. The molecule has 0 aromatic rings. The Hall–Kier alpha value is -1.17. The Balaban J connectivity index is 1.84. The Kier molecular flexibility index (Phi) is 8.52. The number of aliphatic carboxylic acids is 1.